The highest BCUT2D eigenvalue weighted by atomic mass is 35.5. The number of rotatable bonds is 5. The lowest BCUT2D eigenvalue weighted by atomic mass is 9.92. The molecule has 0 spiro atoms. The van der Waals surface area contributed by atoms with Crippen LogP contribution in [0.1, 0.15) is 25.3 Å². The molecule has 1 atom stereocenters. The number of benzene rings is 1. The second kappa shape index (κ2) is 5.60. The molecule has 0 aliphatic carbocycles. The molecule has 1 aromatic carbocycles. The van der Waals surface area contributed by atoms with Crippen LogP contribution in [-0.4, -0.2) is 12.2 Å². The number of alkyl halides is 1. The van der Waals surface area contributed by atoms with Crippen LogP contribution in [0.3, 0.4) is 0 Å². The van der Waals surface area contributed by atoms with Gasteiger partial charge in [0.2, 0.25) is 0 Å². The molecule has 0 saturated heterocycles. The summed E-state index contributed by atoms with van der Waals surface area (Å²) in [7, 11) is 0. The summed E-state index contributed by atoms with van der Waals surface area (Å²) in [6.45, 7) is 1.78. The molecule has 0 radical (unpaired) electrons. The fourth-order valence-corrected chi connectivity index (χ4v) is 1.88. The van der Waals surface area contributed by atoms with Gasteiger partial charge in [-0.05, 0) is 24.1 Å². The van der Waals surface area contributed by atoms with Gasteiger partial charge in [0.25, 0.3) is 0 Å². The van der Waals surface area contributed by atoms with Gasteiger partial charge in [-0.1, -0.05) is 31.0 Å². The van der Waals surface area contributed by atoms with E-state index in [0.717, 1.165) is 0 Å². The molecular weight excluding hydrogens is 232 g/mol. The molecular formula is C12H16ClF2N. The molecule has 0 fully saturated rings. The normalized spacial score (nSPS) is 14.8. The van der Waals surface area contributed by atoms with Gasteiger partial charge in [-0.25, -0.2) is 8.78 Å². The molecule has 1 nitrogen and oxygen atoms in total. The number of nitrogens with two attached hydrogens (primary N) is 1. The summed E-state index contributed by atoms with van der Waals surface area (Å²) in [4.78, 5) is 0. The summed E-state index contributed by atoms with van der Waals surface area (Å²) in [5.74, 6) is -0.473. The van der Waals surface area contributed by atoms with Crippen molar-refractivity contribution in [2.75, 3.05) is 6.54 Å². The Morgan fingerprint density at radius 1 is 1.44 bits per heavy atom. The van der Waals surface area contributed by atoms with Gasteiger partial charge in [0.15, 0.2) is 0 Å². The molecule has 90 valence electrons. The SMILES string of the molecule is CCCC(F)(CN)Cc1ccc(Cl)cc1F. The summed E-state index contributed by atoms with van der Waals surface area (Å²) in [6, 6.07) is 4.26. The van der Waals surface area contributed by atoms with Gasteiger partial charge in [-0.15, -0.1) is 0 Å². The van der Waals surface area contributed by atoms with Crippen molar-refractivity contribution in [3.8, 4) is 0 Å². The van der Waals surface area contributed by atoms with E-state index in [1.165, 1.54) is 12.1 Å². The Bertz CT molecular complexity index is 357. The molecule has 1 aromatic rings. The summed E-state index contributed by atoms with van der Waals surface area (Å²) >= 11 is 5.62. The molecule has 1 rings (SSSR count). The lowest BCUT2D eigenvalue weighted by Crippen LogP contribution is -2.35. The fourth-order valence-electron chi connectivity index (χ4n) is 1.72. The van der Waals surface area contributed by atoms with Crippen LogP contribution in [0, 0.1) is 5.82 Å². The van der Waals surface area contributed by atoms with Gasteiger partial charge in [0.1, 0.15) is 11.5 Å². The molecule has 0 aliphatic rings. The van der Waals surface area contributed by atoms with Crippen LogP contribution in [0.25, 0.3) is 0 Å². The average molecular weight is 248 g/mol. The zero-order valence-electron chi connectivity index (χ0n) is 9.27. The van der Waals surface area contributed by atoms with Crippen LogP contribution in [-0.2, 0) is 6.42 Å². The third-order valence-electron chi connectivity index (χ3n) is 2.59. The van der Waals surface area contributed by atoms with Crippen LogP contribution in [0.15, 0.2) is 18.2 Å². The van der Waals surface area contributed by atoms with Gasteiger partial charge < -0.3 is 5.73 Å². The zero-order chi connectivity index (χ0) is 12.2. The van der Waals surface area contributed by atoms with E-state index in [9.17, 15) is 8.78 Å². The standard InChI is InChI=1S/C12H16ClF2N/c1-2-5-12(15,8-16)7-9-3-4-10(13)6-11(9)14/h3-4,6H,2,5,7-8,16H2,1H3. The van der Waals surface area contributed by atoms with E-state index in [2.05, 4.69) is 0 Å². The molecule has 0 aliphatic heterocycles. The molecule has 1 unspecified atom stereocenters. The third-order valence-corrected chi connectivity index (χ3v) is 2.82. The van der Waals surface area contributed by atoms with Crippen LogP contribution in [0.4, 0.5) is 8.78 Å². The van der Waals surface area contributed by atoms with Crippen molar-refractivity contribution in [2.24, 2.45) is 5.73 Å². The molecule has 0 amide bonds. The molecule has 0 bridgehead atoms. The van der Waals surface area contributed by atoms with Crippen LogP contribution in [0.2, 0.25) is 5.02 Å². The van der Waals surface area contributed by atoms with E-state index in [-0.39, 0.29) is 13.0 Å². The van der Waals surface area contributed by atoms with Crippen molar-refractivity contribution in [3.05, 3.63) is 34.6 Å². The van der Waals surface area contributed by atoms with Crippen molar-refractivity contribution >= 4 is 11.6 Å². The van der Waals surface area contributed by atoms with Crippen LogP contribution < -0.4 is 5.73 Å². The van der Waals surface area contributed by atoms with E-state index in [4.69, 9.17) is 17.3 Å². The molecule has 16 heavy (non-hydrogen) atoms. The van der Waals surface area contributed by atoms with E-state index < -0.39 is 11.5 Å². The molecule has 4 heteroatoms. The number of halogens is 3. The predicted molar refractivity (Wildman–Crippen MR) is 62.9 cm³/mol. The minimum atomic E-state index is -1.52. The molecule has 2 N–H and O–H groups in total. The first kappa shape index (κ1) is 13.4. The monoisotopic (exact) mass is 247 g/mol. The Labute approximate surface area is 99.6 Å². The van der Waals surface area contributed by atoms with E-state index >= 15 is 0 Å². The minimum Gasteiger partial charge on any atom is -0.328 e. The number of hydrogen-bond acceptors (Lipinski definition) is 1. The Kier molecular flexibility index (Phi) is 4.69. The molecule has 0 heterocycles. The van der Waals surface area contributed by atoms with Gasteiger partial charge in [0.05, 0.1) is 0 Å². The molecule has 0 aromatic heterocycles. The zero-order valence-corrected chi connectivity index (χ0v) is 10.0. The smallest absolute Gasteiger partial charge is 0.127 e. The molecule has 0 saturated carbocycles. The maximum Gasteiger partial charge on any atom is 0.127 e. The van der Waals surface area contributed by atoms with Gasteiger partial charge in [-0.2, -0.15) is 0 Å². The fraction of sp³-hybridized carbons (Fsp3) is 0.500. The van der Waals surface area contributed by atoms with E-state index in [1.54, 1.807) is 6.07 Å². The van der Waals surface area contributed by atoms with Crippen LogP contribution >= 0.6 is 11.6 Å². The predicted octanol–water partition coefficient (Wildman–Crippen LogP) is 3.49. The van der Waals surface area contributed by atoms with Crippen molar-refractivity contribution in [1.82, 2.24) is 0 Å². The highest BCUT2D eigenvalue weighted by Gasteiger charge is 2.28. The second-order valence-corrected chi connectivity index (χ2v) is 4.45. The first-order valence-corrected chi connectivity index (χ1v) is 5.71. The van der Waals surface area contributed by atoms with E-state index in [1.807, 2.05) is 6.92 Å². The summed E-state index contributed by atoms with van der Waals surface area (Å²) in [5.41, 5.74) is 4.20. The summed E-state index contributed by atoms with van der Waals surface area (Å²) in [5, 5.41) is 0.314. The average Bonchev–Trinajstić information content (AvgIpc) is 2.23. The van der Waals surface area contributed by atoms with Gasteiger partial charge in [0, 0.05) is 18.0 Å². The minimum absolute atomic E-state index is 0.000340. The topological polar surface area (TPSA) is 26.0 Å². The Balaban J connectivity index is 2.85. The quantitative estimate of drug-likeness (QED) is 0.847. The number of hydrogen-bond donors (Lipinski definition) is 1. The summed E-state index contributed by atoms with van der Waals surface area (Å²) < 4.78 is 27.6. The van der Waals surface area contributed by atoms with Gasteiger partial charge >= 0.3 is 0 Å². The van der Waals surface area contributed by atoms with E-state index in [0.29, 0.717) is 23.4 Å². The largest absolute Gasteiger partial charge is 0.328 e. The Morgan fingerprint density at radius 2 is 2.12 bits per heavy atom. The lowest BCUT2D eigenvalue weighted by Gasteiger charge is -2.23. The van der Waals surface area contributed by atoms with Gasteiger partial charge in [-0.3, -0.25) is 0 Å². The second-order valence-electron chi connectivity index (χ2n) is 4.02. The highest BCUT2D eigenvalue weighted by Crippen LogP contribution is 2.25. The Morgan fingerprint density at radius 3 is 2.62 bits per heavy atom. The maximum absolute atomic E-state index is 14.2. The van der Waals surface area contributed by atoms with Crippen molar-refractivity contribution in [2.45, 2.75) is 31.9 Å². The first-order valence-electron chi connectivity index (χ1n) is 5.33. The van der Waals surface area contributed by atoms with Crippen molar-refractivity contribution in [3.63, 3.8) is 0 Å². The van der Waals surface area contributed by atoms with Crippen molar-refractivity contribution < 1.29 is 8.78 Å². The van der Waals surface area contributed by atoms with Crippen molar-refractivity contribution in [1.29, 1.82) is 0 Å². The summed E-state index contributed by atoms with van der Waals surface area (Å²) in [6.07, 6.45) is 1.02. The maximum atomic E-state index is 14.2. The van der Waals surface area contributed by atoms with Crippen LogP contribution in [0.5, 0.6) is 0 Å². The third kappa shape index (κ3) is 3.42. The Hall–Kier alpha value is -0.670. The highest BCUT2D eigenvalue weighted by molar-refractivity contribution is 6.30. The first-order chi connectivity index (χ1) is 7.50. The lowest BCUT2D eigenvalue weighted by molar-refractivity contribution is 0.157.